The molecule has 0 aliphatic carbocycles. The van der Waals surface area contributed by atoms with Gasteiger partial charge in [0.25, 0.3) is 11.8 Å². The standard InChI is InChI=1S/C21H25N3O4/c1-27-18-6-5-15(13-19(18)28-2)7-9-23-20(25)17-14-16(8-10-22-17)21(26)24-11-3-4-12-24/h5-6,8,10,13-14H,3-4,7,9,11-12H2,1-2H3,(H,23,25). The Bertz CT molecular complexity index is 847. The maximum Gasteiger partial charge on any atom is 0.269 e. The van der Waals surface area contributed by atoms with Crippen molar-refractivity contribution in [2.45, 2.75) is 19.3 Å². The van der Waals surface area contributed by atoms with Crippen molar-refractivity contribution in [3.05, 3.63) is 53.3 Å². The average molecular weight is 383 g/mol. The molecule has 1 fully saturated rings. The molecular weight excluding hydrogens is 358 g/mol. The lowest BCUT2D eigenvalue weighted by Gasteiger charge is -2.15. The second kappa shape index (κ2) is 9.21. The van der Waals surface area contributed by atoms with E-state index in [1.54, 1.807) is 26.4 Å². The van der Waals surface area contributed by atoms with E-state index in [-0.39, 0.29) is 17.5 Å². The van der Waals surface area contributed by atoms with Gasteiger partial charge < -0.3 is 19.7 Å². The second-order valence-electron chi connectivity index (χ2n) is 6.62. The minimum Gasteiger partial charge on any atom is -0.493 e. The van der Waals surface area contributed by atoms with Crippen molar-refractivity contribution >= 4 is 11.8 Å². The van der Waals surface area contributed by atoms with Crippen molar-refractivity contribution in [3.8, 4) is 11.5 Å². The second-order valence-corrected chi connectivity index (χ2v) is 6.62. The van der Waals surface area contributed by atoms with Crippen LogP contribution in [-0.2, 0) is 6.42 Å². The minimum atomic E-state index is -0.295. The number of carbonyl (C=O) groups excluding carboxylic acids is 2. The quantitative estimate of drug-likeness (QED) is 0.794. The largest absolute Gasteiger partial charge is 0.493 e. The summed E-state index contributed by atoms with van der Waals surface area (Å²) in [4.78, 5) is 30.8. The van der Waals surface area contributed by atoms with Crippen molar-refractivity contribution in [2.75, 3.05) is 33.9 Å². The molecule has 0 saturated carbocycles. The Hall–Kier alpha value is -3.09. The first-order chi connectivity index (χ1) is 13.6. The third-order valence-corrected chi connectivity index (χ3v) is 4.78. The highest BCUT2D eigenvalue weighted by Crippen LogP contribution is 2.27. The van der Waals surface area contributed by atoms with Crippen LogP contribution in [0.5, 0.6) is 11.5 Å². The van der Waals surface area contributed by atoms with Gasteiger partial charge in [-0.25, -0.2) is 0 Å². The predicted octanol–water partition coefficient (Wildman–Crippen LogP) is 2.31. The van der Waals surface area contributed by atoms with Crippen LogP contribution >= 0.6 is 0 Å². The Labute approximate surface area is 164 Å². The number of carbonyl (C=O) groups is 2. The number of amides is 2. The van der Waals surface area contributed by atoms with E-state index in [4.69, 9.17) is 9.47 Å². The summed E-state index contributed by atoms with van der Waals surface area (Å²) in [5.41, 5.74) is 1.77. The summed E-state index contributed by atoms with van der Waals surface area (Å²) in [6.45, 7) is 1.99. The highest BCUT2D eigenvalue weighted by atomic mass is 16.5. The van der Waals surface area contributed by atoms with E-state index in [2.05, 4.69) is 10.3 Å². The van der Waals surface area contributed by atoms with Crippen molar-refractivity contribution < 1.29 is 19.1 Å². The van der Waals surface area contributed by atoms with Gasteiger partial charge in [0.05, 0.1) is 14.2 Å². The first-order valence-electron chi connectivity index (χ1n) is 9.37. The number of methoxy groups -OCH3 is 2. The predicted molar refractivity (Wildman–Crippen MR) is 105 cm³/mol. The van der Waals surface area contributed by atoms with Gasteiger partial charge in [0.1, 0.15) is 5.69 Å². The number of aromatic nitrogens is 1. The molecule has 1 N–H and O–H groups in total. The normalized spacial score (nSPS) is 13.3. The van der Waals surface area contributed by atoms with Crippen LogP contribution in [0.25, 0.3) is 0 Å². The van der Waals surface area contributed by atoms with Crippen LogP contribution in [0.3, 0.4) is 0 Å². The van der Waals surface area contributed by atoms with Crippen LogP contribution in [0, 0.1) is 0 Å². The monoisotopic (exact) mass is 383 g/mol. The highest BCUT2D eigenvalue weighted by Gasteiger charge is 2.20. The van der Waals surface area contributed by atoms with Crippen LogP contribution < -0.4 is 14.8 Å². The summed E-state index contributed by atoms with van der Waals surface area (Å²) < 4.78 is 10.5. The molecule has 0 radical (unpaired) electrons. The molecule has 0 unspecified atom stereocenters. The Morgan fingerprint density at radius 2 is 1.82 bits per heavy atom. The summed E-state index contributed by atoms with van der Waals surface area (Å²) in [7, 11) is 3.18. The Morgan fingerprint density at radius 3 is 2.54 bits per heavy atom. The number of nitrogens with zero attached hydrogens (tertiary/aromatic N) is 2. The van der Waals surface area contributed by atoms with E-state index in [9.17, 15) is 9.59 Å². The van der Waals surface area contributed by atoms with Crippen LogP contribution in [0.2, 0.25) is 0 Å². The summed E-state index contributed by atoms with van der Waals surface area (Å²) in [5.74, 6) is 0.982. The lowest BCUT2D eigenvalue weighted by Crippen LogP contribution is -2.29. The number of hydrogen-bond acceptors (Lipinski definition) is 5. The lowest BCUT2D eigenvalue weighted by molar-refractivity contribution is 0.0792. The fraction of sp³-hybridized carbons (Fsp3) is 0.381. The lowest BCUT2D eigenvalue weighted by atomic mass is 10.1. The molecule has 7 heteroatoms. The fourth-order valence-corrected chi connectivity index (χ4v) is 3.24. The molecule has 148 valence electrons. The molecular formula is C21H25N3O4. The average Bonchev–Trinajstić information content (AvgIpc) is 3.28. The number of pyridine rings is 1. The third kappa shape index (κ3) is 4.60. The van der Waals surface area contributed by atoms with E-state index in [0.717, 1.165) is 31.5 Å². The molecule has 1 saturated heterocycles. The summed E-state index contributed by atoms with van der Waals surface area (Å²) in [6.07, 6.45) is 4.20. The molecule has 2 amide bonds. The van der Waals surface area contributed by atoms with Gasteiger partial charge in [0.2, 0.25) is 0 Å². The summed E-state index contributed by atoms with van der Waals surface area (Å²) in [6, 6.07) is 8.87. The van der Waals surface area contributed by atoms with Gasteiger partial charge in [-0.1, -0.05) is 6.07 Å². The molecule has 0 bridgehead atoms. The SMILES string of the molecule is COc1ccc(CCNC(=O)c2cc(C(=O)N3CCCC3)ccn2)cc1OC. The molecule has 1 aromatic heterocycles. The summed E-state index contributed by atoms with van der Waals surface area (Å²) >= 11 is 0. The molecule has 1 aliphatic heterocycles. The van der Waals surface area contributed by atoms with E-state index in [1.807, 2.05) is 23.1 Å². The van der Waals surface area contributed by atoms with Crippen LogP contribution in [-0.4, -0.2) is 55.6 Å². The minimum absolute atomic E-state index is 0.0423. The third-order valence-electron chi connectivity index (χ3n) is 4.78. The molecule has 0 spiro atoms. The molecule has 3 rings (SSSR count). The van der Waals surface area contributed by atoms with Crippen molar-refractivity contribution in [2.24, 2.45) is 0 Å². The maximum absolute atomic E-state index is 12.5. The number of nitrogens with one attached hydrogen (secondary N) is 1. The van der Waals surface area contributed by atoms with E-state index in [0.29, 0.717) is 30.0 Å². The van der Waals surface area contributed by atoms with E-state index < -0.39 is 0 Å². The first kappa shape index (κ1) is 19.7. The van der Waals surface area contributed by atoms with Gasteiger partial charge in [-0.3, -0.25) is 14.6 Å². The van der Waals surface area contributed by atoms with Gasteiger partial charge in [-0.15, -0.1) is 0 Å². The zero-order valence-electron chi connectivity index (χ0n) is 16.2. The molecule has 1 aromatic carbocycles. The molecule has 2 heterocycles. The van der Waals surface area contributed by atoms with Gasteiger partial charge in [-0.2, -0.15) is 0 Å². The van der Waals surface area contributed by atoms with Gasteiger partial charge in [0, 0.05) is 31.4 Å². The highest BCUT2D eigenvalue weighted by molar-refractivity contribution is 5.98. The Balaban J connectivity index is 1.58. The zero-order chi connectivity index (χ0) is 19.9. The Morgan fingerprint density at radius 1 is 1.07 bits per heavy atom. The molecule has 1 aliphatic rings. The molecule has 28 heavy (non-hydrogen) atoms. The molecule has 7 nitrogen and oxygen atoms in total. The van der Waals surface area contributed by atoms with Gasteiger partial charge >= 0.3 is 0 Å². The smallest absolute Gasteiger partial charge is 0.269 e. The fourth-order valence-electron chi connectivity index (χ4n) is 3.24. The topological polar surface area (TPSA) is 80.8 Å². The van der Waals surface area contributed by atoms with E-state index >= 15 is 0 Å². The molecule has 0 atom stereocenters. The Kier molecular flexibility index (Phi) is 6.47. The summed E-state index contributed by atoms with van der Waals surface area (Å²) in [5, 5.41) is 2.85. The number of likely N-dealkylation sites (tertiary alicyclic amines) is 1. The van der Waals surface area contributed by atoms with E-state index in [1.165, 1.54) is 6.20 Å². The van der Waals surface area contributed by atoms with Crippen molar-refractivity contribution in [1.82, 2.24) is 15.2 Å². The number of benzene rings is 1. The number of rotatable bonds is 7. The van der Waals surface area contributed by atoms with Gasteiger partial charge in [0.15, 0.2) is 11.5 Å². The van der Waals surface area contributed by atoms with Crippen molar-refractivity contribution in [1.29, 1.82) is 0 Å². The van der Waals surface area contributed by atoms with Crippen LogP contribution in [0.1, 0.15) is 39.3 Å². The zero-order valence-corrected chi connectivity index (χ0v) is 16.2. The van der Waals surface area contributed by atoms with Crippen molar-refractivity contribution in [3.63, 3.8) is 0 Å². The maximum atomic E-state index is 12.5. The number of ether oxygens (including phenoxy) is 2. The van der Waals surface area contributed by atoms with Crippen LogP contribution in [0.4, 0.5) is 0 Å². The number of hydrogen-bond donors (Lipinski definition) is 1. The molecule has 2 aromatic rings. The first-order valence-corrected chi connectivity index (χ1v) is 9.37. The van der Waals surface area contributed by atoms with Gasteiger partial charge in [-0.05, 0) is 49.1 Å². The van der Waals surface area contributed by atoms with Crippen LogP contribution in [0.15, 0.2) is 36.5 Å².